The summed E-state index contributed by atoms with van der Waals surface area (Å²) in [6.45, 7) is 2.41. The molecule has 2 aliphatic heterocycles. The second-order valence-corrected chi connectivity index (χ2v) is 8.22. The van der Waals surface area contributed by atoms with Crippen LogP contribution in [0, 0.1) is 0 Å². The lowest BCUT2D eigenvalue weighted by molar-refractivity contribution is -0.138. The van der Waals surface area contributed by atoms with Crippen molar-refractivity contribution in [2.45, 2.75) is 18.3 Å². The molecule has 0 saturated carbocycles. The maximum Gasteiger partial charge on any atom is 0.268 e. The highest BCUT2D eigenvalue weighted by Crippen LogP contribution is 2.55. The van der Waals surface area contributed by atoms with Crippen molar-refractivity contribution in [3.05, 3.63) is 58.6 Å². The second-order valence-electron chi connectivity index (χ2n) is 6.53. The summed E-state index contributed by atoms with van der Waals surface area (Å²) < 4.78 is 5.38. The third kappa shape index (κ3) is 2.70. The predicted molar refractivity (Wildman–Crippen MR) is 107 cm³/mol. The number of amides is 2. The van der Waals surface area contributed by atoms with Crippen LogP contribution in [0.15, 0.2) is 42.5 Å². The van der Waals surface area contributed by atoms with Crippen molar-refractivity contribution in [3.8, 4) is 5.75 Å². The van der Waals surface area contributed by atoms with Gasteiger partial charge >= 0.3 is 0 Å². The normalized spacial score (nSPS) is 21.1. The molecule has 5 nitrogen and oxygen atoms in total. The number of carbonyl (C=O) groups excluding carboxylic acids is 2. The third-order valence-corrected chi connectivity index (χ3v) is 6.86. The molecule has 1 fully saturated rings. The molecule has 1 saturated heterocycles. The lowest BCUT2D eigenvalue weighted by atomic mass is 10.1. The molecule has 27 heavy (non-hydrogen) atoms. The zero-order valence-electron chi connectivity index (χ0n) is 15.1. The molecule has 140 valence electrons. The molecule has 2 aliphatic rings. The largest absolute Gasteiger partial charge is 0.497 e. The summed E-state index contributed by atoms with van der Waals surface area (Å²) in [5, 5.41) is 0.615. The summed E-state index contributed by atoms with van der Waals surface area (Å²) in [4.78, 5) is 28.3. The molecule has 1 spiro atoms. The van der Waals surface area contributed by atoms with E-state index in [2.05, 4.69) is 0 Å². The van der Waals surface area contributed by atoms with Gasteiger partial charge in [0.1, 0.15) is 5.75 Å². The fourth-order valence-electron chi connectivity index (χ4n) is 3.81. The van der Waals surface area contributed by atoms with E-state index in [1.165, 1.54) is 18.7 Å². The molecule has 0 bridgehead atoms. The van der Waals surface area contributed by atoms with E-state index in [4.69, 9.17) is 16.3 Å². The molecular weight excluding hydrogens is 384 g/mol. The third-order valence-electron chi connectivity index (χ3n) is 5.07. The fraction of sp³-hybridized carbons (Fsp3) is 0.300. The number of anilines is 1. The summed E-state index contributed by atoms with van der Waals surface area (Å²) in [6.07, 6.45) is 0. The molecular formula is C20H19ClN2O3S. The van der Waals surface area contributed by atoms with E-state index in [1.54, 1.807) is 16.9 Å². The highest BCUT2D eigenvalue weighted by molar-refractivity contribution is 8.01. The SMILES string of the molecule is COc1ccc2c(c1)C1(SCCN1C(C)=O)C(=O)N2Cc1ccccc1Cl. The van der Waals surface area contributed by atoms with E-state index in [9.17, 15) is 9.59 Å². The van der Waals surface area contributed by atoms with Gasteiger partial charge in [-0.2, -0.15) is 0 Å². The van der Waals surface area contributed by atoms with Gasteiger partial charge in [0.05, 0.1) is 19.3 Å². The maximum absolute atomic E-state index is 13.6. The summed E-state index contributed by atoms with van der Waals surface area (Å²) in [5.74, 6) is 1.16. The smallest absolute Gasteiger partial charge is 0.268 e. The summed E-state index contributed by atoms with van der Waals surface area (Å²) >= 11 is 7.83. The fourth-order valence-corrected chi connectivity index (χ4v) is 5.50. The molecule has 2 aromatic rings. The molecule has 0 radical (unpaired) electrons. The standard InChI is InChI=1S/C20H19ClN2O3S/c1-13(24)23-9-10-27-20(23)16-11-15(26-2)7-8-18(16)22(19(20)25)12-14-5-3-4-6-17(14)21/h3-8,11H,9-10,12H2,1-2H3. The number of benzene rings is 2. The van der Waals surface area contributed by atoms with E-state index in [0.29, 0.717) is 29.6 Å². The van der Waals surface area contributed by atoms with Gasteiger partial charge in [-0.1, -0.05) is 29.8 Å². The van der Waals surface area contributed by atoms with Crippen molar-refractivity contribution in [1.29, 1.82) is 0 Å². The number of ether oxygens (including phenoxy) is 1. The van der Waals surface area contributed by atoms with Crippen LogP contribution in [-0.2, 0) is 21.0 Å². The van der Waals surface area contributed by atoms with Crippen LogP contribution < -0.4 is 9.64 Å². The summed E-state index contributed by atoms with van der Waals surface area (Å²) in [6, 6.07) is 13.1. The average Bonchev–Trinajstić information content (AvgIpc) is 3.21. The Bertz CT molecular complexity index is 935. The zero-order chi connectivity index (χ0) is 19.2. The van der Waals surface area contributed by atoms with Gasteiger partial charge in [-0.3, -0.25) is 9.59 Å². The Hall–Kier alpha value is -2.18. The molecule has 0 N–H and O–H groups in total. The predicted octanol–water partition coefficient (Wildman–Crippen LogP) is 3.64. The molecule has 1 atom stereocenters. The highest BCUT2D eigenvalue weighted by Gasteiger charge is 2.59. The Morgan fingerprint density at radius 2 is 2.07 bits per heavy atom. The number of halogens is 1. The minimum atomic E-state index is -1.03. The van der Waals surface area contributed by atoms with Gasteiger partial charge in [0.2, 0.25) is 5.91 Å². The molecule has 4 rings (SSSR count). The van der Waals surface area contributed by atoms with E-state index in [-0.39, 0.29) is 11.8 Å². The van der Waals surface area contributed by atoms with E-state index < -0.39 is 4.87 Å². The van der Waals surface area contributed by atoms with Crippen molar-refractivity contribution in [2.24, 2.45) is 0 Å². The number of hydrogen-bond acceptors (Lipinski definition) is 4. The highest BCUT2D eigenvalue weighted by atomic mass is 35.5. The lowest BCUT2D eigenvalue weighted by Crippen LogP contribution is -2.49. The Morgan fingerprint density at radius 1 is 1.30 bits per heavy atom. The van der Waals surface area contributed by atoms with Crippen molar-refractivity contribution >= 4 is 40.9 Å². The Balaban J connectivity index is 1.85. The first-order valence-corrected chi connectivity index (χ1v) is 10.0. The molecule has 2 amide bonds. The Labute approximate surface area is 167 Å². The number of methoxy groups -OCH3 is 1. The Morgan fingerprint density at radius 3 is 2.78 bits per heavy atom. The van der Waals surface area contributed by atoms with Crippen molar-refractivity contribution < 1.29 is 14.3 Å². The van der Waals surface area contributed by atoms with Crippen molar-refractivity contribution in [3.63, 3.8) is 0 Å². The minimum Gasteiger partial charge on any atom is -0.497 e. The van der Waals surface area contributed by atoms with Gasteiger partial charge in [-0.15, -0.1) is 11.8 Å². The van der Waals surface area contributed by atoms with Crippen LogP contribution in [0.25, 0.3) is 0 Å². The van der Waals surface area contributed by atoms with Crippen LogP contribution in [0.3, 0.4) is 0 Å². The van der Waals surface area contributed by atoms with Crippen LogP contribution >= 0.6 is 23.4 Å². The van der Waals surface area contributed by atoms with Crippen molar-refractivity contribution in [2.75, 3.05) is 24.3 Å². The van der Waals surface area contributed by atoms with E-state index >= 15 is 0 Å². The van der Waals surface area contributed by atoms with Gasteiger partial charge in [0.25, 0.3) is 5.91 Å². The van der Waals surface area contributed by atoms with E-state index in [1.807, 2.05) is 42.5 Å². The van der Waals surface area contributed by atoms with Gasteiger partial charge in [0.15, 0.2) is 4.87 Å². The first-order chi connectivity index (χ1) is 13.0. The number of fused-ring (bicyclic) bond motifs is 2. The van der Waals surface area contributed by atoms with Gasteiger partial charge in [0, 0.05) is 29.8 Å². The van der Waals surface area contributed by atoms with Crippen LogP contribution in [0.2, 0.25) is 5.02 Å². The molecule has 1 unspecified atom stereocenters. The minimum absolute atomic E-state index is 0.108. The topological polar surface area (TPSA) is 49.9 Å². The summed E-state index contributed by atoms with van der Waals surface area (Å²) in [7, 11) is 1.59. The van der Waals surface area contributed by atoms with Gasteiger partial charge in [-0.05, 0) is 29.8 Å². The number of thioether (sulfide) groups is 1. The number of nitrogens with zero attached hydrogens (tertiary/aromatic N) is 2. The second kappa shape index (κ2) is 6.77. The number of carbonyl (C=O) groups is 2. The molecule has 7 heteroatoms. The van der Waals surface area contributed by atoms with E-state index in [0.717, 1.165) is 16.8 Å². The molecule has 0 aliphatic carbocycles. The van der Waals surface area contributed by atoms with Crippen LogP contribution in [0.5, 0.6) is 5.75 Å². The monoisotopic (exact) mass is 402 g/mol. The first-order valence-electron chi connectivity index (χ1n) is 8.65. The van der Waals surface area contributed by atoms with Crippen molar-refractivity contribution in [1.82, 2.24) is 4.90 Å². The molecule has 2 aromatic carbocycles. The quantitative estimate of drug-likeness (QED) is 0.786. The average molecular weight is 403 g/mol. The van der Waals surface area contributed by atoms with Crippen LogP contribution in [-0.4, -0.2) is 36.1 Å². The molecule has 0 aromatic heterocycles. The number of rotatable bonds is 3. The van der Waals surface area contributed by atoms with Crippen LogP contribution in [0.1, 0.15) is 18.1 Å². The first kappa shape index (κ1) is 18.2. The summed E-state index contributed by atoms with van der Waals surface area (Å²) in [5.41, 5.74) is 2.46. The zero-order valence-corrected chi connectivity index (χ0v) is 16.6. The lowest BCUT2D eigenvalue weighted by Gasteiger charge is -2.32. The molecule has 2 heterocycles. The maximum atomic E-state index is 13.6. The van der Waals surface area contributed by atoms with Gasteiger partial charge in [-0.25, -0.2) is 0 Å². The van der Waals surface area contributed by atoms with Crippen LogP contribution in [0.4, 0.5) is 5.69 Å². The Kier molecular flexibility index (Phi) is 4.56. The number of hydrogen-bond donors (Lipinski definition) is 0. The van der Waals surface area contributed by atoms with Gasteiger partial charge < -0.3 is 14.5 Å².